The quantitative estimate of drug-likeness (QED) is 0.287. The van der Waals surface area contributed by atoms with Crippen molar-refractivity contribution in [1.82, 2.24) is 0 Å². The van der Waals surface area contributed by atoms with E-state index in [0.29, 0.717) is 17.9 Å². The molecular formula is C27H34F4. The highest BCUT2D eigenvalue weighted by Crippen LogP contribution is 2.40. The van der Waals surface area contributed by atoms with Gasteiger partial charge in [-0.1, -0.05) is 82.3 Å². The van der Waals surface area contributed by atoms with E-state index in [1.54, 1.807) is 19.1 Å². The average Bonchev–Trinajstić information content (AvgIpc) is 2.74. The van der Waals surface area contributed by atoms with Crippen LogP contribution >= 0.6 is 0 Å². The summed E-state index contributed by atoms with van der Waals surface area (Å²) in [5, 5.41) is 0. The van der Waals surface area contributed by atoms with E-state index >= 15 is 0 Å². The van der Waals surface area contributed by atoms with Crippen LogP contribution in [0.1, 0.15) is 94.2 Å². The fourth-order valence-electron chi connectivity index (χ4n) is 5.03. The molecule has 0 heterocycles. The first-order chi connectivity index (χ1) is 14.8. The second-order valence-electron chi connectivity index (χ2n) is 9.04. The van der Waals surface area contributed by atoms with Crippen LogP contribution in [0, 0.1) is 11.7 Å². The molecule has 1 aliphatic rings. The highest BCUT2D eigenvalue weighted by molar-refractivity contribution is 5.66. The maximum absolute atomic E-state index is 14.9. The van der Waals surface area contributed by atoms with Crippen LogP contribution in [-0.4, -0.2) is 0 Å². The molecule has 1 aliphatic carbocycles. The Morgan fingerprint density at radius 2 is 1.52 bits per heavy atom. The van der Waals surface area contributed by atoms with Crippen LogP contribution in [0.2, 0.25) is 0 Å². The van der Waals surface area contributed by atoms with Gasteiger partial charge in [-0.2, -0.15) is 13.2 Å². The summed E-state index contributed by atoms with van der Waals surface area (Å²) >= 11 is 0. The number of aryl methyl sites for hydroxylation is 1. The molecule has 0 unspecified atom stereocenters. The molecule has 3 rings (SSSR count). The van der Waals surface area contributed by atoms with Crippen molar-refractivity contribution >= 4 is 0 Å². The Labute approximate surface area is 184 Å². The van der Waals surface area contributed by atoms with Gasteiger partial charge in [0, 0.05) is 5.56 Å². The Bertz CT molecular complexity index is 828. The molecule has 1 fully saturated rings. The third-order valence-electron chi connectivity index (χ3n) is 6.79. The molecule has 0 amide bonds. The zero-order chi connectivity index (χ0) is 22.4. The highest BCUT2D eigenvalue weighted by atomic mass is 19.4. The van der Waals surface area contributed by atoms with Gasteiger partial charge in [-0.05, 0) is 60.6 Å². The zero-order valence-corrected chi connectivity index (χ0v) is 18.7. The number of benzene rings is 2. The minimum atomic E-state index is -4.69. The second kappa shape index (κ2) is 10.7. The van der Waals surface area contributed by atoms with E-state index in [4.69, 9.17) is 0 Å². The summed E-state index contributed by atoms with van der Waals surface area (Å²) in [7, 11) is 0. The minimum absolute atomic E-state index is 0.0263. The molecule has 170 valence electrons. The van der Waals surface area contributed by atoms with Gasteiger partial charge >= 0.3 is 6.18 Å². The lowest BCUT2D eigenvalue weighted by molar-refractivity contribution is -0.140. The van der Waals surface area contributed by atoms with Gasteiger partial charge in [0.2, 0.25) is 0 Å². The standard InChI is InChI=1S/C27H34F4/c1-3-5-6-8-19-9-11-20(12-10-19)21-13-15-22(16-14-21)24-18-17-23(7-4-2)25(26(24)28)27(29,30)31/h13-20H,3-12H2,1-2H3. The molecule has 31 heavy (non-hydrogen) atoms. The number of hydrogen-bond acceptors (Lipinski definition) is 0. The maximum atomic E-state index is 14.9. The largest absolute Gasteiger partial charge is 0.419 e. The Balaban J connectivity index is 1.74. The van der Waals surface area contributed by atoms with Crippen molar-refractivity contribution in [2.45, 2.75) is 90.1 Å². The van der Waals surface area contributed by atoms with Gasteiger partial charge in [-0.25, -0.2) is 4.39 Å². The summed E-state index contributed by atoms with van der Waals surface area (Å²) in [6, 6.07) is 10.4. The van der Waals surface area contributed by atoms with Crippen molar-refractivity contribution in [2.75, 3.05) is 0 Å². The van der Waals surface area contributed by atoms with Crippen molar-refractivity contribution < 1.29 is 17.6 Å². The number of halogens is 4. The summed E-state index contributed by atoms with van der Waals surface area (Å²) < 4.78 is 55.5. The van der Waals surface area contributed by atoms with E-state index in [1.165, 1.54) is 56.2 Å². The van der Waals surface area contributed by atoms with E-state index in [1.807, 2.05) is 12.1 Å². The molecule has 1 saturated carbocycles. The summed E-state index contributed by atoms with van der Waals surface area (Å²) in [6.45, 7) is 4.03. The van der Waals surface area contributed by atoms with Gasteiger partial charge < -0.3 is 0 Å². The lowest BCUT2D eigenvalue weighted by Gasteiger charge is -2.29. The van der Waals surface area contributed by atoms with E-state index in [9.17, 15) is 17.6 Å². The fraction of sp³-hybridized carbons (Fsp3) is 0.556. The van der Waals surface area contributed by atoms with Crippen LogP contribution in [0.3, 0.4) is 0 Å². The minimum Gasteiger partial charge on any atom is -0.206 e. The average molecular weight is 435 g/mol. The lowest BCUT2D eigenvalue weighted by atomic mass is 9.77. The van der Waals surface area contributed by atoms with Crippen molar-refractivity contribution in [3.8, 4) is 11.1 Å². The van der Waals surface area contributed by atoms with Crippen LogP contribution in [-0.2, 0) is 12.6 Å². The Hall–Kier alpha value is -1.84. The molecule has 0 nitrogen and oxygen atoms in total. The predicted octanol–water partition coefficient (Wildman–Crippen LogP) is 9.32. The topological polar surface area (TPSA) is 0 Å². The van der Waals surface area contributed by atoms with Crippen LogP contribution in [0.4, 0.5) is 17.6 Å². The van der Waals surface area contributed by atoms with Crippen molar-refractivity contribution in [2.24, 2.45) is 5.92 Å². The van der Waals surface area contributed by atoms with Crippen molar-refractivity contribution in [3.63, 3.8) is 0 Å². The third-order valence-corrected chi connectivity index (χ3v) is 6.79. The molecule has 0 atom stereocenters. The molecule has 0 spiro atoms. The molecule has 2 aromatic carbocycles. The molecule has 2 aromatic rings. The van der Waals surface area contributed by atoms with E-state index in [0.717, 1.165) is 18.8 Å². The number of alkyl halides is 3. The smallest absolute Gasteiger partial charge is 0.206 e. The van der Waals surface area contributed by atoms with Crippen LogP contribution < -0.4 is 0 Å². The van der Waals surface area contributed by atoms with Crippen molar-refractivity contribution in [3.05, 3.63) is 58.9 Å². The van der Waals surface area contributed by atoms with Gasteiger partial charge in [-0.3, -0.25) is 0 Å². The normalized spacial score (nSPS) is 19.5. The lowest BCUT2D eigenvalue weighted by Crippen LogP contribution is -2.14. The van der Waals surface area contributed by atoms with Crippen LogP contribution in [0.25, 0.3) is 11.1 Å². The zero-order valence-electron chi connectivity index (χ0n) is 18.7. The Kier molecular flexibility index (Phi) is 8.18. The first kappa shape index (κ1) is 23.8. The summed E-state index contributed by atoms with van der Waals surface area (Å²) in [6.07, 6.45) is 6.10. The van der Waals surface area contributed by atoms with Crippen molar-refractivity contribution in [1.29, 1.82) is 0 Å². The summed E-state index contributed by atoms with van der Waals surface area (Å²) in [5.74, 6) is 0.177. The molecule has 0 aliphatic heterocycles. The fourth-order valence-corrected chi connectivity index (χ4v) is 5.03. The second-order valence-corrected chi connectivity index (χ2v) is 9.04. The number of unbranched alkanes of at least 4 members (excludes halogenated alkanes) is 2. The van der Waals surface area contributed by atoms with E-state index in [-0.39, 0.29) is 17.5 Å². The monoisotopic (exact) mass is 434 g/mol. The van der Waals surface area contributed by atoms with Gasteiger partial charge in [-0.15, -0.1) is 0 Å². The Morgan fingerprint density at radius 3 is 2.10 bits per heavy atom. The van der Waals surface area contributed by atoms with Crippen LogP contribution in [0.5, 0.6) is 0 Å². The van der Waals surface area contributed by atoms with E-state index in [2.05, 4.69) is 6.92 Å². The third kappa shape index (κ3) is 5.90. The molecule has 0 saturated heterocycles. The van der Waals surface area contributed by atoms with Gasteiger partial charge in [0.1, 0.15) is 5.82 Å². The molecule has 4 heteroatoms. The maximum Gasteiger partial charge on any atom is 0.419 e. The number of rotatable bonds is 8. The van der Waals surface area contributed by atoms with E-state index < -0.39 is 17.6 Å². The van der Waals surface area contributed by atoms with Gasteiger partial charge in [0.05, 0.1) is 5.56 Å². The van der Waals surface area contributed by atoms with Gasteiger partial charge in [0.25, 0.3) is 0 Å². The first-order valence-electron chi connectivity index (χ1n) is 11.8. The molecule has 0 N–H and O–H groups in total. The molecule has 0 radical (unpaired) electrons. The molecular weight excluding hydrogens is 400 g/mol. The summed E-state index contributed by atoms with van der Waals surface area (Å²) in [5.41, 5.74) is 0.664. The molecule has 0 bridgehead atoms. The summed E-state index contributed by atoms with van der Waals surface area (Å²) in [4.78, 5) is 0. The number of hydrogen-bond donors (Lipinski definition) is 0. The predicted molar refractivity (Wildman–Crippen MR) is 120 cm³/mol. The SMILES string of the molecule is CCCCCC1CCC(c2ccc(-c3ccc(CCC)c(C(F)(F)F)c3F)cc2)CC1. The molecule has 0 aromatic heterocycles. The van der Waals surface area contributed by atoms with Gasteiger partial charge in [0.15, 0.2) is 0 Å². The Morgan fingerprint density at radius 1 is 0.839 bits per heavy atom. The highest BCUT2D eigenvalue weighted by Gasteiger charge is 2.37. The van der Waals surface area contributed by atoms with Crippen LogP contribution in [0.15, 0.2) is 36.4 Å². The first-order valence-corrected chi connectivity index (χ1v) is 11.8.